The summed E-state index contributed by atoms with van der Waals surface area (Å²) in [6, 6.07) is 14.7. The van der Waals surface area contributed by atoms with Crippen molar-refractivity contribution in [2.24, 2.45) is 0 Å². The topological polar surface area (TPSA) is 30.7 Å². The molecule has 0 aliphatic rings. The maximum Gasteiger partial charge on any atom is 0.113 e. The van der Waals surface area contributed by atoms with E-state index in [4.69, 9.17) is 0 Å². The van der Waals surface area contributed by atoms with E-state index < -0.39 is 0 Å². The second kappa shape index (κ2) is 5.19. The predicted molar refractivity (Wildman–Crippen MR) is 96.3 cm³/mol. The Morgan fingerprint density at radius 2 is 1.30 bits per heavy atom. The van der Waals surface area contributed by atoms with Gasteiger partial charge in [-0.05, 0) is 40.2 Å². The summed E-state index contributed by atoms with van der Waals surface area (Å²) in [6.07, 6.45) is 0. The first-order chi connectivity index (χ1) is 10.7. The second-order valence-electron chi connectivity index (χ2n) is 8.21. The lowest BCUT2D eigenvalue weighted by atomic mass is 9.81. The molecule has 0 saturated heterocycles. The quantitative estimate of drug-likeness (QED) is 0.632. The van der Waals surface area contributed by atoms with Gasteiger partial charge < -0.3 is 0 Å². The van der Waals surface area contributed by atoms with E-state index in [-0.39, 0.29) is 10.8 Å². The molecular weight excluding hydrogens is 282 g/mol. The van der Waals surface area contributed by atoms with Crippen LogP contribution in [0, 0.1) is 0 Å². The van der Waals surface area contributed by atoms with Crippen LogP contribution in [0.5, 0.6) is 0 Å². The lowest BCUT2D eigenvalue weighted by Crippen LogP contribution is -2.19. The molecule has 0 aliphatic carbocycles. The van der Waals surface area contributed by atoms with Gasteiger partial charge in [0.15, 0.2) is 0 Å². The minimum atomic E-state index is 0.0333. The molecule has 0 radical (unpaired) electrons. The fraction of sp³-hybridized carbons (Fsp3) is 0.400. The average Bonchev–Trinajstić information content (AvgIpc) is 2.88. The standard InChI is InChI=1S/C20H25N3/c1-19(2,3)14-11-12-15(20(4,5)6)18(13-14)23-21-16-9-7-8-10-17(16)22-23/h7-13H,1-6H3. The third-order valence-corrected chi connectivity index (χ3v) is 4.17. The van der Waals surface area contributed by atoms with Crippen LogP contribution in [0.3, 0.4) is 0 Å². The van der Waals surface area contributed by atoms with Crippen LogP contribution in [0.4, 0.5) is 0 Å². The Morgan fingerprint density at radius 1 is 0.739 bits per heavy atom. The molecule has 0 aliphatic heterocycles. The highest BCUT2D eigenvalue weighted by Gasteiger charge is 2.23. The van der Waals surface area contributed by atoms with Crippen molar-refractivity contribution in [2.75, 3.05) is 0 Å². The summed E-state index contributed by atoms with van der Waals surface area (Å²) in [6.45, 7) is 13.4. The van der Waals surface area contributed by atoms with Crippen LogP contribution < -0.4 is 0 Å². The lowest BCUT2D eigenvalue weighted by Gasteiger charge is -2.26. The molecule has 0 unspecified atom stereocenters. The molecule has 23 heavy (non-hydrogen) atoms. The Balaban J connectivity index is 2.26. The lowest BCUT2D eigenvalue weighted by molar-refractivity contribution is 0.566. The van der Waals surface area contributed by atoms with Crippen LogP contribution in [0.25, 0.3) is 16.7 Å². The minimum absolute atomic E-state index is 0.0333. The Labute approximate surface area is 138 Å². The maximum absolute atomic E-state index is 4.69. The van der Waals surface area contributed by atoms with E-state index in [1.54, 1.807) is 4.80 Å². The minimum Gasteiger partial charge on any atom is -0.150 e. The molecule has 1 heterocycles. The van der Waals surface area contributed by atoms with Gasteiger partial charge in [0.1, 0.15) is 11.0 Å². The molecule has 2 aromatic carbocycles. The largest absolute Gasteiger partial charge is 0.150 e. The summed E-state index contributed by atoms with van der Waals surface area (Å²) in [4.78, 5) is 1.79. The van der Waals surface area contributed by atoms with Gasteiger partial charge >= 0.3 is 0 Å². The molecule has 0 atom stereocenters. The summed E-state index contributed by atoms with van der Waals surface area (Å²) in [7, 11) is 0. The molecular formula is C20H25N3. The Kier molecular flexibility index (Phi) is 3.55. The van der Waals surface area contributed by atoms with E-state index >= 15 is 0 Å². The van der Waals surface area contributed by atoms with E-state index in [1.165, 1.54) is 11.1 Å². The smallest absolute Gasteiger partial charge is 0.113 e. The van der Waals surface area contributed by atoms with Crippen LogP contribution in [0.15, 0.2) is 42.5 Å². The van der Waals surface area contributed by atoms with Gasteiger partial charge in [0.05, 0.1) is 5.69 Å². The average molecular weight is 307 g/mol. The van der Waals surface area contributed by atoms with Gasteiger partial charge in [0, 0.05) is 0 Å². The third kappa shape index (κ3) is 3.00. The summed E-state index contributed by atoms with van der Waals surface area (Å²) >= 11 is 0. The summed E-state index contributed by atoms with van der Waals surface area (Å²) in [5.41, 5.74) is 5.60. The van der Waals surface area contributed by atoms with Crippen LogP contribution in [0.1, 0.15) is 52.7 Å². The number of hydrogen-bond acceptors (Lipinski definition) is 2. The van der Waals surface area contributed by atoms with Gasteiger partial charge in [0.2, 0.25) is 0 Å². The maximum atomic E-state index is 4.69. The zero-order chi connectivity index (χ0) is 16.8. The highest BCUT2D eigenvalue weighted by atomic mass is 15.5. The molecule has 0 spiro atoms. The summed E-state index contributed by atoms with van der Waals surface area (Å²) in [5, 5.41) is 9.37. The van der Waals surface area contributed by atoms with Gasteiger partial charge in [-0.1, -0.05) is 65.8 Å². The van der Waals surface area contributed by atoms with Crippen LogP contribution in [-0.2, 0) is 10.8 Å². The molecule has 0 N–H and O–H groups in total. The van der Waals surface area contributed by atoms with Crippen molar-refractivity contribution in [1.29, 1.82) is 0 Å². The first-order valence-electron chi connectivity index (χ1n) is 8.14. The number of hydrogen-bond donors (Lipinski definition) is 0. The van der Waals surface area contributed by atoms with Crippen molar-refractivity contribution in [3.63, 3.8) is 0 Å². The fourth-order valence-corrected chi connectivity index (χ4v) is 2.77. The molecule has 0 amide bonds. The molecule has 3 heteroatoms. The zero-order valence-electron chi connectivity index (χ0n) is 14.9. The molecule has 1 aromatic heterocycles. The predicted octanol–water partition coefficient (Wildman–Crippen LogP) is 5.02. The molecule has 0 bridgehead atoms. The monoisotopic (exact) mass is 307 g/mol. The SMILES string of the molecule is CC(C)(C)c1ccc(C(C)(C)C)c(-n2nc3ccccc3n2)c1. The van der Waals surface area contributed by atoms with E-state index in [0.717, 1.165) is 16.7 Å². The van der Waals surface area contributed by atoms with Crippen molar-refractivity contribution in [1.82, 2.24) is 15.0 Å². The van der Waals surface area contributed by atoms with Crippen LogP contribution in [-0.4, -0.2) is 15.0 Å². The molecule has 3 rings (SSSR count). The normalized spacial score (nSPS) is 12.8. The summed E-state index contributed by atoms with van der Waals surface area (Å²) < 4.78 is 0. The number of nitrogens with zero attached hydrogens (tertiary/aromatic N) is 3. The van der Waals surface area contributed by atoms with Gasteiger partial charge in [-0.15, -0.1) is 10.2 Å². The van der Waals surface area contributed by atoms with Crippen molar-refractivity contribution >= 4 is 11.0 Å². The molecule has 120 valence electrons. The summed E-state index contributed by atoms with van der Waals surface area (Å²) in [5.74, 6) is 0. The highest BCUT2D eigenvalue weighted by Crippen LogP contribution is 2.32. The Morgan fingerprint density at radius 3 is 1.78 bits per heavy atom. The Hall–Kier alpha value is -2.16. The molecule has 3 nitrogen and oxygen atoms in total. The molecule has 0 saturated carbocycles. The van der Waals surface area contributed by atoms with Gasteiger partial charge in [0.25, 0.3) is 0 Å². The number of aromatic nitrogens is 3. The van der Waals surface area contributed by atoms with Gasteiger partial charge in [-0.3, -0.25) is 0 Å². The van der Waals surface area contributed by atoms with Crippen molar-refractivity contribution < 1.29 is 0 Å². The Bertz CT molecular complexity index is 812. The number of benzene rings is 2. The van der Waals surface area contributed by atoms with E-state index in [0.29, 0.717) is 0 Å². The fourth-order valence-electron chi connectivity index (χ4n) is 2.77. The van der Waals surface area contributed by atoms with Crippen molar-refractivity contribution in [2.45, 2.75) is 52.4 Å². The number of fused-ring (bicyclic) bond motifs is 1. The van der Waals surface area contributed by atoms with E-state index in [2.05, 4.69) is 69.9 Å². The molecule has 3 aromatic rings. The van der Waals surface area contributed by atoms with Gasteiger partial charge in [-0.25, -0.2) is 0 Å². The van der Waals surface area contributed by atoms with Crippen LogP contribution >= 0.6 is 0 Å². The van der Waals surface area contributed by atoms with E-state index in [9.17, 15) is 0 Å². The van der Waals surface area contributed by atoms with Gasteiger partial charge in [-0.2, -0.15) is 4.80 Å². The van der Waals surface area contributed by atoms with Crippen molar-refractivity contribution in [3.05, 3.63) is 53.6 Å². The highest BCUT2D eigenvalue weighted by molar-refractivity contribution is 5.73. The molecule has 0 fully saturated rings. The zero-order valence-corrected chi connectivity index (χ0v) is 14.9. The first kappa shape index (κ1) is 15.7. The second-order valence-corrected chi connectivity index (χ2v) is 8.21. The van der Waals surface area contributed by atoms with Crippen molar-refractivity contribution in [3.8, 4) is 5.69 Å². The first-order valence-corrected chi connectivity index (χ1v) is 8.14. The van der Waals surface area contributed by atoms with Crippen LogP contribution in [0.2, 0.25) is 0 Å². The third-order valence-electron chi connectivity index (χ3n) is 4.17. The van der Waals surface area contributed by atoms with E-state index in [1.807, 2.05) is 24.3 Å². The number of rotatable bonds is 1.